The number of halogens is 1. The van der Waals surface area contributed by atoms with E-state index in [1.165, 1.54) is 12.1 Å². The van der Waals surface area contributed by atoms with Gasteiger partial charge in [0.15, 0.2) is 11.1 Å². The van der Waals surface area contributed by atoms with E-state index in [1.54, 1.807) is 25.3 Å². The van der Waals surface area contributed by atoms with Crippen molar-refractivity contribution in [1.29, 1.82) is 0 Å². The second-order valence-corrected chi connectivity index (χ2v) is 10.6. The monoisotopic (exact) mass is 487 g/mol. The number of nitrogens with zero attached hydrogens (tertiary/aromatic N) is 1. The summed E-state index contributed by atoms with van der Waals surface area (Å²) in [7, 11) is -3.84. The average Bonchev–Trinajstić information content (AvgIpc) is 2.83. The molecule has 0 radical (unpaired) electrons. The van der Waals surface area contributed by atoms with Gasteiger partial charge in [-0.3, -0.25) is 4.79 Å². The Hall–Kier alpha value is -2.64. The van der Waals surface area contributed by atoms with E-state index in [0.29, 0.717) is 30.4 Å². The van der Waals surface area contributed by atoms with Gasteiger partial charge in [0.25, 0.3) is 0 Å². The number of hydrogen-bond donors (Lipinski definition) is 0. The minimum absolute atomic E-state index is 0.173. The molecule has 0 spiro atoms. The molecule has 8 heteroatoms. The van der Waals surface area contributed by atoms with Gasteiger partial charge in [-0.15, -0.1) is 0 Å². The maximum atomic E-state index is 13.7. The predicted octanol–water partition coefficient (Wildman–Crippen LogP) is 4.48. The molecule has 1 N–H and O–H groups in total. The van der Waals surface area contributed by atoms with E-state index in [9.17, 15) is 13.2 Å². The Morgan fingerprint density at radius 2 is 1.94 bits per heavy atom. The third-order valence-electron chi connectivity index (χ3n) is 6.11. The number of aromatic nitrogens is 1. The number of fused-ring (bicyclic) bond motifs is 1. The molecule has 0 amide bonds. The topological polar surface area (TPSA) is 77.8 Å². The third-order valence-corrected chi connectivity index (χ3v) is 8.15. The van der Waals surface area contributed by atoms with Crippen molar-refractivity contribution in [3.05, 3.63) is 59.2 Å². The van der Waals surface area contributed by atoms with Gasteiger partial charge in [0.2, 0.25) is 15.4 Å². The van der Waals surface area contributed by atoms with Crippen LogP contribution in [-0.4, -0.2) is 34.1 Å². The lowest BCUT2D eigenvalue weighted by atomic mass is 9.97. The Balaban J connectivity index is 1.90. The summed E-state index contributed by atoms with van der Waals surface area (Å²) in [6, 6.07) is 12.2. The minimum Gasteiger partial charge on any atom is -0.466 e. The summed E-state index contributed by atoms with van der Waals surface area (Å²) < 4.78 is 32.8. The van der Waals surface area contributed by atoms with Crippen molar-refractivity contribution in [2.24, 2.45) is 5.92 Å². The molecular formula is C25H28ClN2O4S+. The van der Waals surface area contributed by atoms with Crippen LogP contribution in [-0.2, 0) is 25.8 Å². The molecule has 1 fully saturated rings. The number of rotatable bonds is 6. The number of carbonyl (C=O) groups excluding carboxylic acids is 1. The summed E-state index contributed by atoms with van der Waals surface area (Å²) in [5, 5.41) is 1.30. The predicted molar refractivity (Wildman–Crippen MR) is 128 cm³/mol. The van der Waals surface area contributed by atoms with Gasteiger partial charge in [0, 0.05) is 24.2 Å². The first-order chi connectivity index (χ1) is 15.8. The molecule has 1 aliphatic rings. The number of benzene rings is 2. The molecule has 0 aliphatic carbocycles. The highest BCUT2D eigenvalue weighted by Crippen LogP contribution is 2.37. The highest BCUT2D eigenvalue weighted by molar-refractivity contribution is 7.91. The van der Waals surface area contributed by atoms with Gasteiger partial charge in [-0.1, -0.05) is 24.6 Å². The molecule has 3 aromatic rings. The van der Waals surface area contributed by atoms with Gasteiger partial charge in [0.05, 0.1) is 28.5 Å². The van der Waals surface area contributed by atoms with Crippen molar-refractivity contribution in [2.45, 2.75) is 42.9 Å². The molecule has 1 saturated heterocycles. The van der Waals surface area contributed by atoms with Gasteiger partial charge >= 0.3 is 5.97 Å². The van der Waals surface area contributed by atoms with Crippen molar-refractivity contribution < 1.29 is 22.9 Å². The van der Waals surface area contributed by atoms with Crippen LogP contribution in [0.1, 0.15) is 32.3 Å². The molecule has 6 nitrogen and oxygen atoms in total. The van der Waals surface area contributed by atoms with E-state index in [4.69, 9.17) is 16.3 Å². The SMILES string of the molecule is CCOC(=O)[C@H]1CCCN(c2c(S(=O)(=O)c3ccc(Cl)cc3)c[nH+]c3ccc(CC)cc23)C1. The Bertz CT molecular complexity index is 1280. The number of hydrogen-bond acceptors (Lipinski definition) is 5. The summed E-state index contributed by atoms with van der Waals surface area (Å²) >= 11 is 5.99. The van der Waals surface area contributed by atoms with Crippen LogP contribution in [0.2, 0.25) is 5.02 Å². The molecule has 1 aromatic heterocycles. The number of anilines is 1. The molecule has 0 bridgehead atoms. The van der Waals surface area contributed by atoms with Gasteiger partial charge < -0.3 is 9.64 Å². The number of aromatic amines is 1. The Morgan fingerprint density at radius 1 is 1.18 bits per heavy atom. The smallest absolute Gasteiger partial charge is 0.310 e. The number of piperidine rings is 1. The van der Waals surface area contributed by atoms with Gasteiger partial charge in [0.1, 0.15) is 0 Å². The third kappa shape index (κ3) is 4.70. The molecule has 1 aliphatic heterocycles. The minimum atomic E-state index is -3.84. The van der Waals surface area contributed by atoms with E-state index >= 15 is 0 Å². The second kappa shape index (κ2) is 9.69. The molecule has 174 valence electrons. The number of sulfone groups is 1. The van der Waals surface area contributed by atoms with Crippen LogP contribution < -0.4 is 9.88 Å². The first-order valence-electron chi connectivity index (χ1n) is 11.2. The quantitative estimate of drug-likeness (QED) is 0.479. The molecule has 4 rings (SSSR count). The first kappa shape index (κ1) is 23.5. The zero-order valence-corrected chi connectivity index (χ0v) is 20.4. The van der Waals surface area contributed by atoms with Gasteiger partial charge in [-0.2, -0.15) is 0 Å². The number of esters is 1. The summed E-state index contributed by atoms with van der Waals surface area (Å²) in [6.45, 7) is 5.26. The van der Waals surface area contributed by atoms with Crippen LogP contribution in [0.4, 0.5) is 5.69 Å². The lowest BCUT2D eigenvalue weighted by molar-refractivity contribution is -0.347. The average molecular weight is 488 g/mol. The summed E-state index contributed by atoms with van der Waals surface area (Å²) in [5.41, 5.74) is 2.58. The fraction of sp³-hybridized carbons (Fsp3) is 0.360. The van der Waals surface area contributed by atoms with Gasteiger partial charge in [-0.25, -0.2) is 13.4 Å². The number of nitrogens with one attached hydrogen (secondary N) is 1. The van der Waals surface area contributed by atoms with E-state index in [1.807, 2.05) is 23.1 Å². The van der Waals surface area contributed by atoms with Crippen molar-refractivity contribution in [3.63, 3.8) is 0 Å². The lowest BCUT2D eigenvalue weighted by Gasteiger charge is -2.34. The largest absolute Gasteiger partial charge is 0.466 e. The number of H-pyrrole nitrogens is 1. The normalized spacial score (nSPS) is 16.7. The van der Waals surface area contributed by atoms with Crippen LogP contribution in [0, 0.1) is 5.92 Å². The van der Waals surface area contributed by atoms with Crippen LogP contribution in [0.3, 0.4) is 0 Å². The van der Waals surface area contributed by atoms with Crippen LogP contribution in [0.25, 0.3) is 10.9 Å². The van der Waals surface area contributed by atoms with E-state index < -0.39 is 9.84 Å². The van der Waals surface area contributed by atoms with Crippen molar-refractivity contribution in [1.82, 2.24) is 0 Å². The van der Waals surface area contributed by atoms with Crippen LogP contribution in [0.15, 0.2) is 58.5 Å². The summed E-state index contributed by atoms with van der Waals surface area (Å²) in [5.74, 6) is -0.524. The summed E-state index contributed by atoms with van der Waals surface area (Å²) in [6.07, 6.45) is 3.89. The van der Waals surface area contributed by atoms with Crippen molar-refractivity contribution in [2.75, 3.05) is 24.6 Å². The molecule has 33 heavy (non-hydrogen) atoms. The molecule has 2 aromatic carbocycles. The summed E-state index contributed by atoms with van der Waals surface area (Å²) in [4.78, 5) is 18.1. The highest BCUT2D eigenvalue weighted by Gasteiger charge is 2.34. The molecular weight excluding hydrogens is 460 g/mol. The number of aryl methyl sites for hydroxylation is 1. The van der Waals surface area contributed by atoms with Crippen LogP contribution >= 0.6 is 11.6 Å². The standard InChI is InChI=1S/C25H27ClN2O4S/c1-3-17-7-12-22-21(14-17)24(28-13-5-6-18(16-28)25(29)32-4-2)23(15-27-22)33(30,31)20-10-8-19(26)9-11-20/h7-12,14-15,18H,3-6,13,16H2,1-2H3/p+1/t18-/m0/s1. The number of pyridine rings is 1. The molecule has 0 unspecified atom stereocenters. The Morgan fingerprint density at radius 3 is 2.64 bits per heavy atom. The lowest BCUT2D eigenvalue weighted by Crippen LogP contribution is -2.40. The first-order valence-corrected chi connectivity index (χ1v) is 13.1. The Labute approximate surface area is 199 Å². The van der Waals surface area contributed by atoms with Crippen LogP contribution in [0.5, 0.6) is 0 Å². The zero-order chi connectivity index (χ0) is 23.6. The van der Waals surface area contributed by atoms with Crippen molar-refractivity contribution in [3.8, 4) is 0 Å². The molecule has 0 saturated carbocycles. The molecule has 2 heterocycles. The highest BCUT2D eigenvalue weighted by atomic mass is 35.5. The van der Waals surface area contributed by atoms with Gasteiger partial charge in [-0.05, 0) is 62.1 Å². The molecule has 1 atom stereocenters. The Kier molecular flexibility index (Phi) is 6.91. The fourth-order valence-electron chi connectivity index (χ4n) is 4.38. The van der Waals surface area contributed by atoms with E-state index in [0.717, 1.165) is 35.7 Å². The zero-order valence-electron chi connectivity index (χ0n) is 18.8. The van der Waals surface area contributed by atoms with Crippen molar-refractivity contribution >= 4 is 44.0 Å². The number of ether oxygens (including phenoxy) is 1. The van der Waals surface area contributed by atoms with E-state index in [2.05, 4.69) is 11.9 Å². The second-order valence-electron chi connectivity index (χ2n) is 8.23. The number of carbonyl (C=O) groups is 1. The maximum Gasteiger partial charge on any atom is 0.310 e. The van der Waals surface area contributed by atoms with E-state index in [-0.39, 0.29) is 21.7 Å². The fourth-order valence-corrected chi connectivity index (χ4v) is 5.96. The maximum absolute atomic E-state index is 13.7.